The van der Waals surface area contributed by atoms with Crippen LogP contribution in [-0.2, 0) is 5.54 Å². The molecule has 0 aromatic heterocycles. The van der Waals surface area contributed by atoms with Crippen LogP contribution in [0.15, 0.2) is 41.4 Å². The van der Waals surface area contributed by atoms with Crippen LogP contribution in [0.4, 0.5) is 0 Å². The van der Waals surface area contributed by atoms with Crippen LogP contribution < -0.4 is 10.5 Å². The molecule has 5 nitrogen and oxygen atoms in total. The van der Waals surface area contributed by atoms with Crippen LogP contribution in [0.5, 0.6) is 5.75 Å². The van der Waals surface area contributed by atoms with E-state index in [1.165, 1.54) is 0 Å². The maximum Gasteiger partial charge on any atom is 0.193 e. The Bertz CT molecular complexity index is 839. The number of rotatable bonds is 3. The number of aryl methyl sites for hydroxylation is 2. The molecule has 0 bridgehead atoms. The number of nitrogens with two attached hydrogens (primary N) is 1. The molecule has 1 heterocycles. The number of hydrogen-bond acceptors (Lipinski definition) is 5. The second kappa shape index (κ2) is 6.65. The van der Waals surface area contributed by atoms with Gasteiger partial charge in [-0.1, -0.05) is 18.2 Å². The van der Waals surface area contributed by atoms with Crippen molar-refractivity contribution in [3.63, 3.8) is 0 Å². The summed E-state index contributed by atoms with van der Waals surface area (Å²) in [5.74, 6) is 1.28. The highest BCUT2D eigenvalue weighted by Gasteiger charge is 2.36. The third-order valence-corrected chi connectivity index (χ3v) is 5.23. The summed E-state index contributed by atoms with van der Waals surface area (Å²) in [6.07, 6.45) is -0.152. The molecule has 2 atom stereocenters. The highest BCUT2D eigenvalue weighted by Crippen LogP contribution is 2.37. The summed E-state index contributed by atoms with van der Waals surface area (Å²) in [6, 6.07) is 12.6. The van der Waals surface area contributed by atoms with Gasteiger partial charge in [0, 0.05) is 13.5 Å². The highest BCUT2D eigenvalue weighted by molar-refractivity contribution is 5.79. The smallest absolute Gasteiger partial charge is 0.193 e. The molecule has 26 heavy (non-hydrogen) atoms. The molecule has 5 heteroatoms. The molecule has 0 aliphatic carbocycles. The SMILES string of the molecule is COc1c(C)cc(-c2cccc(C3(C)CC(O)N(C)C(N)=N3)c2)cc1C. The zero-order chi connectivity index (χ0) is 19.1. The lowest BCUT2D eigenvalue weighted by Crippen LogP contribution is -2.50. The number of nitrogens with zero attached hydrogens (tertiary/aromatic N) is 2. The predicted octanol–water partition coefficient (Wildman–Crippen LogP) is 3.16. The van der Waals surface area contributed by atoms with Gasteiger partial charge in [-0.3, -0.25) is 0 Å². The first-order valence-electron chi connectivity index (χ1n) is 8.77. The van der Waals surface area contributed by atoms with E-state index in [2.05, 4.69) is 43.1 Å². The maximum atomic E-state index is 10.3. The Balaban J connectivity index is 2.05. The van der Waals surface area contributed by atoms with E-state index < -0.39 is 11.8 Å². The van der Waals surface area contributed by atoms with Gasteiger partial charge in [0.2, 0.25) is 0 Å². The van der Waals surface area contributed by atoms with Crippen molar-refractivity contribution in [2.24, 2.45) is 10.7 Å². The molecule has 2 unspecified atom stereocenters. The number of aliphatic imine (C=N–C) groups is 1. The third-order valence-electron chi connectivity index (χ3n) is 5.23. The van der Waals surface area contributed by atoms with Crippen LogP contribution in [0.3, 0.4) is 0 Å². The van der Waals surface area contributed by atoms with E-state index in [1.807, 2.05) is 19.1 Å². The quantitative estimate of drug-likeness (QED) is 0.889. The molecule has 3 rings (SSSR count). The summed E-state index contributed by atoms with van der Waals surface area (Å²) in [5.41, 5.74) is 11.0. The highest BCUT2D eigenvalue weighted by atomic mass is 16.5. The molecule has 0 amide bonds. The summed E-state index contributed by atoms with van der Waals surface area (Å²) in [4.78, 5) is 6.25. The molecule has 2 aromatic carbocycles. The van der Waals surface area contributed by atoms with E-state index in [0.29, 0.717) is 12.4 Å². The molecule has 0 spiro atoms. The van der Waals surface area contributed by atoms with E-state index in [1.54, 1.807) is 19.1 Å². The summed E-state index contributed by atoms with van der Waals surface area (Å²) < 4.78 is 5.47. The minimum absolute atomic E-state index is 0.354. The van der Waals surface area contributed by atoms with Gasteiger partial charge in [0.05, 0.1) is 12.6 Å². The Morgan fingerprint density at radius 2 is 1.85 bits per heavy atom. The van der Waals surface area contributed by atoms with E-state index in [-0.39, 0.29) is 0 Å². The van der Waals surface area contributed by atoms with Gasteiger partial charge in [-0.05, 0) is 66.8 Å². The maximum absolute atomic E-state index is 10.3. The monoisotopic (exact) mass is 353 g/mol. The lowest BCUT2D eigenvalue weighted by atomic mass is 9.85. The molecular weight excluding hydrogens is 326 g/mol. The van der Waals surface area contributed by atoms with Crippen LogP contribution in [0.1, 0.15) is 30.0 Å². The van der Waals surface area contributed by atoms with E-state index in [9.17, 15) is 5.11 Å². The second-order valence-electron chi connectivity index (χ2n) is 7.26. The lowest BCUT2D eigenvalue weighted by molar-refractivity contribution is 0.0292. The summed E-state index contributed by atoms with van der Waals surface area (Å²) in [7, 11) is 3.45. The van der Waals surface area contributed by atoms with Gasteiger partial charge in [-0.15, -0.1) is 0 Å². The Hall–Kier alpha value is -2.53. The first kappa shape index (κ1) is 18.3. The molecule has 0 saturated heterocycles. The van der Waals surface area contributed by atoms with Crippen LogP contribution >= 0.6 is 0 Å². The van der Waals surface area contributed by atoms with Crippen molar-refractivity contribution < 1.29 is 9.84 Å². The minimum atomic E-state index is -0.647. The molecular formula is C21H27N3O2. The van der Waals surface area contributed by atoms with Gasteiger partial charge in [0.15, 0.2) is 5.96 Å². The summed E-state index contributed by atoms with van der Waals surface area (Å²) in [5, 5.41) is 10.3. The van der Waals surface area contributed by atoms with Gasteiger partial charge < -0.3 is 20.5 Å². The molecule has 2 aromatic rings. The number of hydrogen-bond donors (Lipinski definition) is 2. The predicted molar refractivity (Wildman–Crippen MR) is 105 cm³/mol. The Labute approximate surface area is 155 Å². The third kappa shape index (κ3) is 3.15. The van der Waals surface area contributed by atoms with Crippen LogP contribution in [-0.4, -0.2) is 36.4 Å². The zero-order valence-corrected chi connectivity index (χ0v) is 16.1. The van der Waals surface area contributed by atoms with Crippen LogP contribution in [0.2, 0.25) is 0 Å². The largest absolute Gasteiger partial charge is 0.496 e. The number of ether oxygens (including phenoxy) is 1. The summed E-state index contributed by atoms with van der Waals surface area (Å²) >= 11 is 0. The van der Waals surface area contributed by atoms with Crippen molar-refractivity contribution >= 4 is 5.96 Å². The lowest BCUT2D eigenvalue weighted by Gasteiger charge is -2.38. The number of guanidine groups is 1. The van der Waals surface area contributed by atoms with Crippen molar-refractivity contribution in [2.45, 2.75) is 39.0 Å². The Morgan fingerprint density at radius 3 is 2.42 bits per heavy atom. The zero-order valence-electron chi connectivity index (χ0n) is 16.1. The molecule has 138 valence electrons. The first-order valence-corrected chi connectivity index (χ1v) is 8.77. The molecule has 0 saturated carbocycles. The number of aliphatic hydroxyl groups is 1. The Morgan fingerprint density at radius 1 is 1.19 bits per heavy atom. The Kier molecular flexibility index (Phi) is 4.67. The molecule has 0 fully saturated rings. The topological polar surface area (TPSA) is 71.1 Å². The first-order chi connectivity index (χ1) is 12.2. The minimum Gasteiger partial charge on any atom is -0.496 e. The van der Waals surface area contributed by atoms with Crippen molar-refractivity contribution in [3.8, 4) is 16.9 Å². The van der Waals surface area contributed by atoms with Crippen LogP contribution in [0, 0.1) is 13.8 Å². The fourth-order valence-electron chi connectivity index (χ4n) is 3.68. The normalized spacial score (nSPS) is 22.9. The van der Waals surface area contributed by atoms with Crippen molar-refractivity contribution in [1.82, 2.24) is 4.90 Å². The molecule has 3 N–H and O–H groups in total. The van der Waals surface area contributed by atoms with Gasteiger partial charge in [0.25, 0.3) is 0 Å². The number of aliphatic hydroxyl groups excluding tert-OH is 1. The summed E-state index contributed by atoms with van der Waals surface area (Å²) in [6.45, 7) is 6.12. The van der Waals surface area contributed by atoms with Crippen molar-refractivity contribution in [3.05, 3.63) is 53.1 Å². The van der Waals surface area contributed by atoms with Gasteiger partial charge in [-0.2, -0.15) is 0 Å². The standard InChI is InChI=1S/C21H27N3O2/c1-13-9-16(10-14(2)19(13)26-5)15-7-6-8-17(11-15)21(3)12-18(25)24(4)20(22)23-21/h6-11,18,25H,12H2,1-5H3,(H2,22,23). The van der Waals surface area contributed by atoms with Crippen molar-refractivity contribution in [2.75, 3.05) is 14.2 Å². The number of methoxy groups -OCH3 is 1. The van der Waals surface area contributed by atoms with E-state index >= 15 is 0 Å². The average Bonchev–Trinajstić information content (AvgIpc) is 2.59. The van der Waals surface area contributed by atoms with Crippen LogP contribution in [0.25, 0.3) is 11.1 Å². The molecule has 1 aliphatic heterocycles. The van der Waals surface area contributed by atoms with Gasteiger partial charge >= 0.3 is 0 Å². The average molecular weight is 353 g/mol. The molecule has 1 aliphatic rings. The number of benzene rings is 2. The molecule has 0 radical (unpaired) electrons. The van der Waals surface area contributed by atoms with E-state index in [0.717, 1.165) is 33.6 Å². The van der Waals surface area contributed by atoms with Gasteiger partial charge in [0.1, 0.15) is 12.0 Å². The second-order valence-corrected chi connectivity index (χ2v) is 7.26. The van der Waals surface area contributed by atoms with Gasteiger partial charge in [-0.25, -0.2) is 4.99 Å². The fourth-order valence-corrected chi connectivity index (χ4v) is 3.68. The van der Waals surface area contributed by atoms with E-state index in [4.69, 9.17) is 10.5 Å². The fraction of sp³-hybridized carbons (Fsp3) is 0.381. The van der Waals surface area contributed by atoms with Crippen molar-refractivity contribution in [1.29, 1.82) is 0 Å².